The minimum Gasteiger partial charge on any atom is -0.493 e. The van der Waals surface area contributed by atoms with Gasteiger partial charge in [0.1, 0.15) is 0 Å². The first kappa shape index (κ1) is 21.3. The number of methoxy groups -OCH3 is 2. The predicted octanol–water partition coefficient (Wildman–Crippen LogP) is 1.36. The second-order valence-electron chi connectivity index (χ2n) is 6.34. The number of ether oxygens (including phenoxy) is 4. The molecule has 0 spiro atoms. The molecular weight excluding hydrogens is 352 g/mol. The molecule has 1 amide bonds. The quantitative estimate of drug-likeness (QED) is 0.691. The van der Waals surface area contributed by atoms with E-state index in [2.05, 4.69) is 4.90 Å². The molecule has 0 aromatic heterocycles. The third-order valence-electron chi connectivity index (χ3n) is 4.39. The molecule has 8 heteroatoms. The Bertz CT molecular complexity index is 590. The Hall–Kier alpha value is -2.03. The van der Waals surface area contributed by atoms with Crippen molar-refractivity contribution >= 4 is 6.09 Å². The van der Waals surface area contributed by atoms with E-state index in [4.69, 9.17) is 18.9 Å². The Morgan fingerprint density at radius 1 is 1.15 bits per heavy atom. The van der Waals surface area contributed by atoms with Gasteiger partial charge in [-0.05, 0) is 24.6 Å². The van der Waals surface area contributed by atoms with Crippen LogP contribution in [-0.2, 0) is 16.1 Å². The number of hydrogen-bond acceptors (Lipinski definition) is 7. The molecule has 1 atom stereocenters. The van der Waals surface area contributed by atoms with E-state index >= 15 is 0 Å². The molecule has 1 fully saturated rings. The van der Waals surface area contributed by atoms with Crippen LogP contribution in [0.25, 0.3) is 0 Å². The number of carbonyl (C=O) groups is 1. The van der Waals surface area contributed by atoms with E-state index < -0.39 is 6.10 Å². The summed E-state index contributed by atoms with van der Waals surface area (Å²) in [6, 6.07) is 5.60. The lowest BCUT2D eigenvalue weighted by Gasteiger charge is -2.34. The standard InChI is InChI=1S/C19H30N2O6/c1-4-27-19(23)21-9-7-20(8-10-21)12-16(22)14-26-13-15-5-6-17(24-2)18(11-15)25-3/h5-6,11,16,22H,4,7-10,12-14H2,1-3H3/t16-/m0/s1. The van der Waals surface area contributed by atoms with E-state index in [1.807, 2.05) is 18.2 Å². The van der Waals surface area contributed by atoms with Crippen molar-refractivity contribution in [1.29, 1.82) is 0 Å². The highest BCUT2D eigenvalue weighted by atomic mass is 16.6. The molecule has 8 nitrogen and oxygen atoms in total. The molecule has 27 heavy (non-hydrogen) atoms. The van der Waals surface area contributed by atoms with Crippen LogP contribution < -0.4 is 9.47 Å². The van der Waals surface area contributed by atoms with Gasteiger partial charge in [0.2, 0.25) is 0 Å². The summed E-state index contributed by atoms with van der Waals surface area (Å²) in [6.45, 7) is 5.97. The number of benzene rings is 1. The predicted molar refractivity (Wildman–Crippen MR) is 100 cm³/mol. The number of amides is 1. The van der Waals surface area contributed by atoms with Crippen molar-refractivity contribution < 1.29 is 28.8 Å². The molecule has 1 aromatic carbocycles. The highest BCUT2D eigenvalue weighted by Crippen LogP contribution is 2.27. The van der Waals surface area contributed by atoms with Crippen molar-refractivity contribution in [1.82, 2.24) is 9.80 Å². The van der Waals surface area contributed by atoms with E-state index in [9.17, 15) is 9.90 Å². The van der Waals surface area contributed by atoms with Crippen LogP contribution in [0, 0.1) is 0 Å². The first-order valence-corrected chi connectivity index (χ1v) is 9.18. The second-order valence-corrected chi connectivity index (χ2v) is 6.34. The summed E-state index contributed by atoms with van der Waals surface area (Å²) in [7, 11) is 3.19. The van der Waals surface area contributed by atoms with Gasteiger partial charge >= 0.3 is 6.09 Å². The molecule has 1 heterocycles. The van der Waals surface area contributed by atoms with E-state index in [1.165, 1.54) is 0 Å². The SMILES string of the molecule is CCOC(=O)N1CCN(C[C@H](O)COCc2ccc(OC)c(OC)c2)CC1. The molecule has 0 radical (unpaired) electrons. The van der Waals surface area contributed by atoms with Gasteiger partial charge in [-0.15, -0.1) is 0 Å². The summed E-state index contributed by atoms with van der Waals surface area (Å²) < 4.78 is 21.1. The summed E-state index contributed by atoms with van der Waals surface area (Å²) in [5.41, 5.74) is 0.947. The highest BCUT2D eigenvalue weighted by molar-refractivity contribution is 5.67. The molecule has 1 aliphatic heterocycles. The first-order valence-electron chi connectivity index (χ1n) is 9.18. The monoisotopic (exact) mass is 382 g/mol. The maximum atomic E-state index is 11.7. The minimum atomic E-state index is -0.584. The summed E-state index contributed by atoms with van der Waals surface area (Å²) in [6.07, 6.45) is -0.852. The van der Waals surface area contributed by atoms with Gasteiger partial charge in [0.05, 0.1) is 40.1 Å². The summed E-state index contributed by atoms with van der Waals surface area (Å²) in [5, 5.41) is 10.2. The maximum Gasteiger partial charge on any atom is 0.409 e. The average Bonchev–Trinajstić information content (AvgIpc) is 2.68. The molecule has 0 aliphatic carbocycles. The van der Waals surface area contributed by atoms with Crippen LogP contribution in [0.4, 0.5) is 4.79 Å². The van der Waals surface area contributed by atoms with Crippen molar-refractivity contribution in [3.05, 3.63) is 23.8 Å². The van der Waals surface area contributed by atoms with Gasteiger partial charge in [0, 0.05) is 32.7 Å². The van der Waals surface area contributed by atoms with Crippen LogP contribution in [0.15, 0.2) is 18.2 Å². The van der Waals surface area contributed by atoms with Crippen molar-refractivity contribution in [2.45, 2.75) is 19.6 Å². The Morgan fingerprint density at radius 2 is 1.85 bits per heavy atom. The number of piperazine rings is 1. The van der Waals surface area contributed by atoms with Gasteiger partial charge in [0.25, 0.3) is 0 Å². The average molecular weight is 382 g/mol. The number of carbonyl (C=O) groups excluding carboxylic acids is 1. The van der Waals surface area contributed by atoms with Crippen molar-refractivity contribution in [3.63, 3.8) is 0 Å². The fourth-order valence-corrected chi connectivity index (χ4v) is 2.96. The number of hydrogen-bond donors (Lipinski definition) is 1. The smallest absolute Gasteiger partial charge is 0.409 e. The topological polar surface area (TPSA) is 80.7 Å². The molecule has 152 valence electrons. The number of β-amino-alcohol motifs (C(OH)–C–C–N with tert-alkyl or cyclic N) is 1. The van der Waals surface area contributed by atoms with Crippen LogP contribution >= 0.6 is 0 Å². The molecule has 0 saturated carbocycles. The van der Waals surface area contributed by atoms with E-state index in [0.717, 1.165) is 5.56 Å². The zero-order chi connectivity index (χ0) is 19.6. The van der Waals surface area contributed by atoms with E-state index in [-0.39, 0.29) is 12.7 Å². The normalized spacial score (nSPS) is 16.1. The first-order chi connectivity index (χ1) is 13.1. The van der Waals surface area contributed by atoms with Crippen molar-refractivity contribution in [2.75, 3.05) is 60.2 Å². The molecule has 2 rings (SSSR count). The summed E-state index contributed by atoms with van der Waals surface area (Å²) >= 11 is 0. The summed E-state index contributed by atoms with van der Waals surface area (Å²) in [4.78, 5) is 15.5. The Morgan fingerprint density at radius 3 is 2.48 bits per heavy atom. The number of aliphatic hydroxyl groups is 1. The number of aliphatic hydroxyl groups excluding tert-OH is 1. The lowest BCUT2D eigenvalue weighted by Crippen LogP contribution is -2.50. The Labute approximate surface area is 160 Å². The Kier molecular flexibility index (Phi) is 8.63. The fraction of sp³-hybridized carbons (Fsp3) is 0.632. The van der Waals surface area contributed by atoms with E-state index in [0.29, 0.717) is 57.4 Å². The molecular formula is C19H30N2O6. The van der Waals surface area contributed by atoms with Crippen molar-refractivity contribution in [3.8, 4) is 11.5 Å². The summed E-state index contributed by atoms with van der Waals surface area (Å²) in [5.74, 6) is 1.32. The van der Waals surface area contributed by atoms with Crippen LogP contribution in [0.3, 0.4) is 0 Å². The van der Waals surface area contributed by atoms with Gasteiger partial charge in [-0.1, -0.05) is 6.07 Å². The van der Waals surface area contributed by atoms with Gasteiger partial charge in [-0.2, -0.15) is 0 Å². The van der Waals surface area contributed by atoms with E-state index in [1.54, 1.807) is 26.0 Å². The fourth-order valence-electron chi connectivity index (χ4n) is 2.96. The molecule has 1 aliphatic rings. The molecule has 1 N–H and O–H groups in total. The van der Waals surface area contributed by atoms with Crippen LogP contribution in [-0.4, -0.2) is 87.3 Å². The van der Waals surface area contributed by atoms with Gasteiger partial charge < -0.3 is 29.0 Å². The lowest BCUT2D eigenvalue weighted by atomic mass is 10.2. The Balaban J connectivity index is 1.68. The molecule has 1 aromatic rings. The highest BCUT2D eigenvalue weighted by Gasteiger charge is 2.23. The van der Waals surface area contributed by atoms with Crippen LogP contribution in [0.5, 0.6) is 11.5 Å². The lowest BCUT2D eigenvalue weighted by molar-refractivity contribution is 0.00116. The third-order valence-corrected chi connectivity index (χ3v) is 4.39. The van der Waals surface area contributed by atoms with Gasteiger partial charge in [0.15, 0.2) is 11.5 Å². The third kappa shape index (κ3) is 6.57. The number of rotatable bonds is 9. The molecule has 1 saturated heterocycles. The van der Waals surface area contributed by atoms with Gasteiger partial charge in [-0.3, -0.25) is 4.90 Å². The second kappa shape index (κ2) is 11.0. The minimum absolute atomic E-state index is 0.242. The van der Waals surface area contributed by atoms with Crippen LogP contribution in [0.2, 0.25) is 0 Å². The molecule has 0 bridgehead atoms. The van der Waals surface area contributed by atoms with Crippen molar-refractivity contribution in [2.24, 2.45) is 0 Å². The van der Waals surface area contributed by atoms with Crippen LogP contribution in [0.1, 0.15) is 12.5 Å². The largest absolute Gasteiger partial charge is 0.493 e. The number of nitrogens with zero attached hydrogens (tertiary/aromatic N) is 2. The zero-order valence-electron chi connectivity index (χ0n) is 16.3. The maximum absolute atomic E-state index is 11.7. The molecule has 0 unspecified atom stereocenters. The van der Waals surface area contributed by atoms with Gasteiger partial charge in [-0.25, -0.2) is 4.79 Å². The zero-order valence-corrected chi connectivity index (χ0v) is 16.3.